The van der Waals surface area contributed by atoms with Crippen molar-refractivity contribution < 1.29 is 0 Å². The van der Waals surface area contributed by atoms with Gasteiger partial charge in [0.1, 0.15) is 0 Å². The average molecular weight is 178 g/mol. The van der Waals surface area contributed by atoms with E-state index in [0.717, 1.165) is 5.41 Å². The fourth-order valence-corrected chi connectivity index (χ4v) is 2.69. The third-order valence-corrected chi connectivity index (χ3v) is 4.10. The Morgan fingerprint density at radius 1 is 0.692 bits per heavy atom. The second-order valence-corrected chi connectivity index (χ2v) is 5.11. The highest BCUT2D eigenvalue weighted by atomic mass is 15.1. The third kappa shape index (κ3) is 2.10. The van der Waals surface area contributed by atoms with Crippen molar-refractivity contribution in [3.8, 4) is 0 Å². The first kappa shape index (κ1) is 9.60. The van der Waals surface area contributed by atoms with Gasteiger partial charge in [0.15, 0.2) is 16.0 Å². The molecule has 0 radical (unpaired) electrons. The number of hydrogen-bond donors (Lipinski definition) is 0. The normalized spacial score (nSPS) is 30.8. The summed E-state index contributed by atoms with van der Waals surface area (Å²) < 4.78 is 0. The fourth-order valence-electron chi connectivity index (χ4n) is 2.69. The first-order chi connectivity index (χ1) is 6.20. The summed E-state index contributed by atoms with van der Waals surface area (Å²) >= 11 is 0. The zero-order chi connectivity index (χ0) is 9.31. The van der Waals surface area contributed by atoms with Crippen LogP contribution >= 0.6 is 0 Å². The lowest BCUT2D eigenvalue weighted by atomic mass is 9.70. The smallest absolute Gasteiger partial charge is 0.185 e. The monoisotopic (exact) mass is 178 g/mol. The molecule has 72 valence electrons. The summed E-state index contributed by atoms with van der Waals surface area (Å²) in [4.78, 5) is 4.95. The van der Waals surface area contributed by atoms with Crippen LogP contribution in [0.5, 0.6) is 0 Å². The molecule has 0 amide bonds. The minimum absolute atomic E-state index is 0.735. The van der Waals surface area contributed by atoms with Gasteiger partial charge in [0.05, 0.1) is 0 Å². The molecule has 2 aliphatic heterocycles. The van der Waals surface area contributed by atoms with Gasteiger partial charge in [-0.1, -0.05) is 0 Å². The molecule has 0 aromatic heterocycles. The summed E-state index contributed by atoms with van der Waals surface area (Å²) in [5, 5.41) is 0. The van der Waals surface area contributed by atoms with Gasteiger partial charge in [0, 0.05) is 0 Å². The summed E-state index contributed by atoms with van der Waals surface area (Å²) in [5.74, 6) is 0. The number of hydrogen-bond acceptors (Lipinski definition) is 2. The molecule has 0 aromatic carbocycles. The second-order valence-electron chi connectivity index (χ2n) is 5.11. The van der Waals surface area contributed by atoms with Crippen LogP contribution < -0.4 is 0 Å². The van der Waals surface area contributed by atoms with Gasteiger partial charge in [-0.05, 0) is 57.3 Å². The molecule has 13 heavy (non-hydrogen) atoms. The van der Waals surface area contributed by atoms with E-state index in [1.165, 1.54) is 51.9 Å². The van der Waals surface area contributed by atoms with E-state index < -0.39 is 0 Å². The average Bonchev–Trinajstić information content (AvgIpc) is 2.16. The lowest BCUT2D eigenvalue weighted by Crippen LogP contribution is -2.45. The molecule has 0 aromatic rings. The quantitative estimate of drug-likeness (QED) is 0.450. The Morgan fingerprint density at radius 3 is 1.31 bits per heavy atom. The highest BCUT2D eigenvalue weighted by molar-refractivity contribution is 6.04. The predicted octanol–water partition coefficient (Wildman–Crippen LogP) is -0.739. The van der Waals surface area contributed by atoms with E-state index in [4.69, 9.17) is 0 Å². The summed E-state index contributed by atoms with van der Waals surface area (Å²) in [6.07, 6.45) is 5.77. The fraction of sp³-hybridized carbons (Fsp3) is 1.00. The lowest BCUT2D eigenvalue weighted by Gasteiger charge is -2.46. The van der Waals surface area contributed by atoms with Gasteiger partial charge in [0.25, 0.3) is 0 Å². The van der Waals surface area contributed by atoms with E-state index in [-0.39, 0.29) is 0 Å². The molecule has 0 atom stereocenters. The van der Waals surface area contributed by atoms with Crippen molar-refractivity contribution in [1.82, 2.24) is 9.62 Å². The third-order valence-electron chi connectivity index (χ3n) is 4.10. The van der Waals surface area contributed by atoms with Gasteiger partial charge in [-0.2, -0.15) is 0 Å². The summed E-state index contributed by atoms with van der Waals surface area (Å²) in [5.41, 5.74) is 0.735. The van der Waals surface area contributed by atoms with E-state index in [1.807, 2.05) is 0 Å². The van der Waals surface area contributed by atoms with Crippen LogP contribution in [0, 0.1) is 5.41 Å². The molecule has 2 nitrogen and oxygen atoms in total. The number of nitrogens with zero attached hydrogens (tertiary/aromatic N) is 2. The van der Waals surface area contributed by atoms with E-state index in [0.29, 0.717) is 0 Å². The van der Waals surface area contributed by atoms with Gasteiger partial charge in [-0.15, -0.1) is 0 Å². The second kappa shape index (κ2) is 3.66. The molecule has 2 fully saturated rings. The van der Waals surface area contributed by atoms with Crippen molar-refractivity contribution in [3.05, 3.63) is 0 Å². The maximum atomic E-state index is 2.48. The van der Waals surface area contributed by atoms with Crippen molar-refractivity contribution in [2.24, 2.45) is 5.41 Å². The molecule has 2 aliphatic rings. The lowest BCUT2D eigenvalue weighted by molar-refractivity contribution is 0.0865. The summed E-state index contributed by atoms with van der Waals surface area (Å²) in [7, 11) is 4.50. The number of piperidine rings is 2. The Balaban J connectivity index is 1.90. The number of rotatable bonds is 0. The Morgan fingerprint density at radius 2 is 1.00 bits per heavy atom. The first-order valence-electron chi connectivity index (χ1n) is 5.57. The standard InChI is InChI=1S/C9H20B2N2/c10-12-5-1-9(2-6-12)3-7-13(11)8-4-9/h1-8,10-11H2. The van der Waals surface area contributed by atoms with Crippen LogP contribution in [0.25, 0.3) is 0 Å². The predicted molar refractivity (Wildman–Crippen MR) is 61.1 cm³/mol. The maximum absolute atomic E-state index is 2.48. The SMILES string of the molecule is BN1CCC2(CC1)CCN(B)CC2. The van der Waals surface area contributed by atoms with Crippen molar-refractivity contribution in [1.29, 1.82) is 0 Å². The molecule has 0 bridgehead atoms. The van der Waals surface area contributed by atoms with E-state index in [1.54, 1.807) is 0 Å². The summed E-state index contributed by atoms with van der Waals surface area (Å²) in [6.45, 7) is 5.29. The highest BCUT2D eigenvalue weighted by Crippen LogP contribution is 2.40. The van der Waals surface area contributed by atoms with Crippen molar-refractivity contribution in [3.63, 3.8) is 0 Å². The molecule has 1 spiro atoms. The van der Waals surface area contributed by atoms with E-state index >= 15 is 0 Å². The molecular formula is C9H20B2N2. The zero-order valence-corrected chi connectivity index (χ0v) is 9.05. The van der Waals surface area contributed by atoms with Gasteiger partial charge in [-0.3, -0.25) is 0 Å². The largest absolute Gasteiger partial charge is 0.349 e. The van der Waals surface area contributed by atoms with Crippen molar-refractivity contribution >= 4 is 16.0 Å². The molecule has 0 saturated carbocycles. The Kier molecular flexibility index (Phi) is 2.70. The van der Waals surface area contributed by atoms with E-state index in [2.05, 4.69) is 25.6 Å². The summed E-state index contributed by atoms with van der Waals surface area (Å²) in [6, 6.07) is 0. The highest BCUT2D eigenvalue weighted by Gasteiger charge is 2.35. The minimum atomic E-state index is 0.735. The Labute approximate surface area is 83.5 Å². The molecule has 2 rings (SSSR count). The van der Waals surface area contributed by atoms with Crippen LogP contribution in [0.4, 0.5) is 0 Å². The molecule has 2 saturated heterocycles. The topological polar surface area (TPSA) is 6.48 Å². The van der Waals surface area contributed by atoms with Gasteiger partial charge >= 0.3 is 0 Å². The minimum Gasteiger partial charge on any atom is -0.349 e. The molecule has 2 heterocycles. The molecule has 0 aliphatic carbocycles. The Bertz CT molecular complexity index is 147. The Hall–Kier alpha value is 0.0499. The molecule has 0 N–H and O–H groups in total. The maximum Gasteiger partial charge on any atom is 0.185 e. The first-order valence-corrected chi connectivity index (χ1v) is 5.57. The van der Waals surface area contributed by atoms with Crippen LogP contribution in [-0.2, 0) is 0 Å². The van der Waals surface area contributed by atoms with Crippen molar-refractivity contribution in [2.75, 3.05) is 26.2 Å². The van der Waals surface area contributed by atoms with Crippen LogP contribution in [0.15, 0.2) is 0 Å². The van der Waals surface area contributed by atoms with Crippen LogP contribution in [0.1, 0.15) is 25.7 Å². The van der Waals surface area contributed by atoms with Crippen LogP contribution in [0.2, 0.25) is 0 Å². The molecule has 0 unspecified atom stereocenters. The van der Waals surface area contributed by atoms with Gasteiger partial charge in [0.2, 0.25) is 0 Å². The van der Waals surface area contributed by atoms with Crippen LogP contribution in [-0.4, -0.2) is 51.8 Å². The molecule has 4 heteroatoms. The van der Waals surface area contributed by atoms with Gasteiger partial charge in [-0.25, -0.2) is 0 Å². The van der Waals surface area contributed by atoms with Crippen LogP contribution in [0.3, 0.4) is 0 Å². The van der Waals surface area contributed by atoms with Gasteiger partial charge < -0.3 is 9.62 Å². The van der Waals surface area contributed by atoms with Crippen molar-refractivity contribution in [2.45, 2.75) is 25.7 Å². The zero-order valence-electron chi connectivity index (χ0n) is 9.05. The molecular weight excluding hydrogens is 158 g/mol. The van der Waals surface area contributed by atoms with E-state index in [9.17, 15) is 0 Å².